The fourth-order valence-corrected chi connectivity index (χ4v) is 2.38. The lowest BCUT2D eigenvalue weighted by Crippen LogP contribution is -2.24. The number of benzene rings is 1. The second-order valence-electron chi connectivity index (χ2n) is 5.90. The Labute approximate surface area is 158 Å². The topological polar surface area (TPSA) is 167 Å². The molecule has 0 fully saturated rings. The van der Waals surface area contributed by atoms with E-state index in [-0.39, 0.29) is 18.2 Å². The minimum Gasteiger partial charge on any atom is -0.455 e. The molecule has 1 aromatic carbocycles. The number of nitrogen functional groups attached to an aromatic ring is 1. The molecule has 0 bridgehead atoms. The van der Waals surface area contributed by atoms with Crippen LogP contribution in [0, 0.1) is 24.0 Å². The number of hydrogen-bond acceptors (Lipinski definition) is 9. The molecular formula is C16H16N8O4. The van der Waals surface area contributed by atoms with Crippen molar-refractivity contribution in [3.8, 4) is 11.3 Å². The second-order valence-corrected chi connectivity index (χ2v) is 5.90. The highest BCUT2D eigenvalue weighted by Gasteiger charge is 2.19. The van der Waals surface area contributed by atoms with Crippen LogP contribution in [0.15, 0.2) is 33.8 Å². The Morgan fingerprint density at radius 1 is 1.39 bits per heavy atom. The molecule has 0 saturated heterocycles. The summed E-state index contributed by atoms with van der Waals surface area (Å²) < 4.78 is 6.71. The van der Waals surface area contributed by atoms with Crippen LogP contribution in [0.25, 0.3) is 11.3 Å². The highest BCUT2D eigenvalue weighted by atomic mass is 16.6. The largest absolute Gasteiger partial charge is 0.455 e. The van der Waals surface area contributed by atoms with Gasteiger partial charge in [-0.25, -0.2) is 10.1 Å². The number of amides is 1. The van der Waals surface area contributed by atoms with E-state index >= 15 is 0 Å². The van der Waals surface area contributed by atoms with Crippen molar-refractivity contribution < 1.29 is 14.1 Å². The molecule has 28 heavy (non-hydrogen) atoms. The Balaban J connectivity index is 1.72. The molecule has 0 atom stereocenters. The van der Waals surface area contributed by atoms with Gasteiger partial charge >= 0.3 is 0 Å². The van der Waals surface area contributed by atoms with Crippen molar-refractivity contribution in [3.63, 3.8) is 0 Å². The Hall–Kier alpha value is -4.09. The summed E-state index contributed by atoms with van der Waals surface area (Å²) in [6, 6.07) is 6.39. The van der Waals surface area contributed by atoms with E-state index in [0.29, 0.717) is 17.1 Å². The van der Waals surface area contributed by atoms with Gasteiger partial charge in [-0.05, 0) is 53.6 Å². The van der Waals surface area contributed by atoms with Gasteiger partial charge in [0.15, 0.2) is 0 Å². The van der Waals surface area contributed by atoms with Gasteiger partial charge in [-0.15, -0.1) is 0 Å². The summed E-state index contributed by atoms with van der Waals surface area (Å²) in [5, 5.41) is 25.4. The smallest absolute Gasteiger partial charge is 0.280 e. The number of hydrogen-bond donors (Lipinski definition) is 2. The molecule has 0 spiro atoms. The van der Waals surface area contributed by atoms with Crippen LogP contribution in [0.1, 0.15) is 16.9 Å². The zero-order chi connectivity index (χ0) is 20.3. The monoisotopic (exact) mass is 384 g/mol. The van der Waals surface area contributed by atoms with Gasteiger partial charge in [0, 0.05) is 6.07 Å². The van der Waals surface area contributed by atoms with Gasteiger partial charge in [-0.2, -0.15) is 5.10 Å². The number of tetrazole rings is 1. The quantitative estimate of drug-likeness (QED) is 0.363. The molecule has 12 heteroatoms. The minimum absolute atomic E-state index is 0.00444. The molecule has 3 N–H and O–H groups in total. The van der Waals surface area contributed by atoms with E-state index in [1.807, 2.05) is 6.92 Å². The van der Waals surface area contributed by atoms with E-state index in [2.05, 4.69) is 26.1 Å². The Bertz CT molecular complexity index is 1070. The Morgan fingerprint density at radius 3 is 2.82 bits per heavy atom. The maximum Gasteiger partial charge on any atom is 0.280 e. The lowest BCUT2D eigenvalue weighted by molar-refractivity contribution is -0.384. The second kappa shape index (κ2) is 7.65. The third-order valence-corrected chi connectivity index (χ3v) is 3.93. The highest BCUT2D eigenvalue weighted by molar-refractivity contribution is 5.81. The third kappa shape index (κ3) is 4.00. The molecule has 3 aromatic rings. The predicted molar refractivity (Wildman–Crippen MR) is 98.2 cm³/mol. The summed E-state index contributed by atoms with van der Waals surface area (Å²) in [4.78, 5) is 22.6. The maximum atomic E-state index is 11.8. The van der Waals surface area contributed by atoms with Crippen molar-refractivity contribution in [2.45, 2.75) is 20.4 Å². The van der Waals surface area contributed by atoms with Crippen molar-refractivity contribution in [3.05, 3.63) is 51.3 Å². The Kier molecular flexibility index (Phi) is 5.11. The molecule has 12 nitrogen and oxygen atoms in total. The molecule has 1 amide bonds. The number of aromatic nitrogens is 4. The first-order valence-corrected chi connectivity index (χ1v) is 8.04. The molecule has 0 radical (unpaired) electrons. The van der Waals surface area contributed by atoms with Crippen LogP contribution in [0.3, 0.4) is 0 Å². The number of nitrogens with zero attached hydrogens (tertiary/aromatic N) is 6. The number of rotatable bonds is 6. The summed E-state index contributed by atoms with van der Waals surface area (Å²) in [5.41, 5.74) is 9.78. The lowest BCUT2D eigenvalue weighted by atomic mass is 10.0. The van der Waals surface area contributed by atoms with Gasteiger partial charge in [-0.1, -0.05) is 5.10 Å². The highest BCUT2D eigenvalue weighted by Crippen LogP contribution is 2.33. The van der Waals surface area contributed by atoms with Gasteiger partial charge in [0.1, 0.15) is 18.1 Å². The van der Waals surface area contributed by atoms with E-state index in [4.69, 9.17) is 10.2 Å². The number of nitrogens with one attached hydrogen (secondary N) is 1. The van der Waals surface area contributed by atoms with E-state index < -0.39 is 10.8 Å². The molecule has 2 aromatic heterocycles. The van der Waals surface area contributed by atoms with E-state index in [1.54, 1.807) is 25.1 Å². The zero-order valence-corrected chi connectivity index (χ0v) is 15.0. The molecule has 144 valence electrons. The number of carbonyl (C=O) groups is 1. The van der Waals surface area contributed by atoms with E-state index in [0.717, 1.165) is 15.8 Å². The molecule has 2 heterocycles. The summed E-state index contributed by atoms with van der Waals surface area (Å²) in [6.45, 7) is 3.47. The molecular weight excluding hydrogens is 368 g/mol. The van der Waals surface area contributed by atoms with Gasteiger partial charge in [0.25, 0.3) is 11.6 Å². The van der Waals surface area contributed by atoms with Crippen LogP contribution in [-0.4, -0.2) is 37.3 Å². The average Bonchev–Trinajstić information content (AvgIpc) is 3.26. The summed E-state index contributed by atoms with van der Waals surface area (Å²) in [6.07, 6.45) is 1.28. The molecule has 3 rings (SSSR count). The first-order valence-electron chi connectivity index (χ1n) is 8.04. The Morgan fingerprint density at radius 2 is 2.14 bits per heavy atom. The molecule has 0 aliphatic rings. The van der Waals surface area contributed by atoms with Gasteiger partial charge < -0.3 is 10.2 Å². The van der Waals surface area contributed by atoms with E-state index in [1.165, 1.54) is 12.3 Å². The molecule has 0 saturated carbocycles. The van der Waals surface area contributed by atoms with Crippen molar-refractivity contribution in [2.75, 3.05) is 5.73 Å². The number of aryl methyl sites for hydroxylation is 2. The van der Waals surface area contributed by atoms with Crippen LogP contribution in [-0.2, 0) is 11.3 Å². The van der Waals surface area contributed by atoms with Crippen LogP contribution < -0.4 is 11.2 Å². The van der Waals surface area contributed by atoms with Crippen molar-refractivity contribution in [1.82, 2.24) is 25.6 Å². The third-order valence-electron chi connectivity index (χ3n) is 3.93. The van der Waals surface area contributed by atoms with Gasteiger partial charge in [0.2, 0.25) is 5.95 Å². The van der Waals surface area contributed by atoms with E-state index in [9.17, 15) is 14.9 Å². The normalized spacial score (nSPS) is 11.1. The zero-order valence-electron chi connectivity index (χ0n) is 15.0. The number of furan rings is 1. The fraction of sp³-hybridized carbons (Fsp3) is 0.188. The maximum absolute atomic E-state index is 11.8. The first-order chi connectivity index (χ1) is 13.3. The standard InChI is InChI=1S/C16H16N8O4/c1-9-5-12(13(24(26)27)6-10(9)2)14-4-3-11(28-14)7-18-19-15(25)8-23-16(17)20-21-22-23/h3-7H,8H2,1-2H3,(H,19,25)(H2,17,20,22). The first kappa shape index (κ1) is 18.7. The number of hydrazone groups is 1. The number of nitrogens with two attached hydrogens (primary N) is 1. The van der Waals surface area contributed by atoms with Gasteiger partial charge in [-0.3, -0.25) is 14.9 Å². The average molecular weight is 384 g/mol. The summed E-state index contributed by atoms with van der Waals surface area (Å²) in [5.74, 6) is 0.144. The van der Waals surface area contributed by atoms with Crippen LogP contribution >= 0.6 is 0 Å². The van der Waals surface area contributed by atoms with Crippen molar-refractivity contribution in [2.24, 2.45) is 5.10 Å². The minimum atomic E-state index is -0.494. The number of anilines is 1. The summed E-state index contributed by atoms with van der Waals surface area (Å²) >= 11 is 0. The van der Waals surface area contributed by atoms with Gasteiger partial charge in [0.05, 0.1) is 16.7 Å². The molecule has 0 unspecified atom stereocenters. The molecule has 0 aliphatic carbocycles. The lowest BCUT2D eigenvalue weighted by Gasteiger charge is -2.04. The van der Waals surface area contributed by atoms with Crippen LogP contribution in [0.2, 0.25) is 0 Å². The van der Waals surface area contributed by atoms with Crippen molar-refractivity contribution in [1.29, 1.82) is 0 Å². The number of nitro groups is 1. The SMILES string of the molecule is Cc1cc(-c2ccc(C=NNC(=O)Cn3nnnc3N)o2)c([N+](=O)[O-])cc1C. The number of nitro benzene ring substituents is 1. The molecule has 0 aliphatic heterocycles. The van der Waals surface area contributed by atoms with Crippen LogP contribution in [0.5, 0.6) is 0 Å². The predicted octanol–water partition coefficient (Wildman–Crippen LogP) is 1.19. The van der Waals surface area contributed by atoms with Crippen LogP contribution in [0.4, 0.5) is 11.6 Å². The van der Waals surface area contributed by atoms with Crippen molar-refractivity contribution >= 4 is 23.8 Å². The summed E-state index contributed by atoms with van der Waals surface area (Å²) in [7, 11) is 0. The number of carbonyl (C=O) groups excluding carboxylic acids is 1. The fourth-order valence-electron chi connectivity index (χ4n) is 2.38.